The van der Waals surface area contributed by atoms with Crippen LogP contribution in [0, 0.1) is 0 Å². The van der Waals surface area contributed by atoms with E-state index in [2.05, 4.69) is 17.5 Å². The Hall–Kier alpha value is -2.51. The Morgan fingerprint density at radius 2 is 1.84 bits per heavy atom. The first kappa shape index (κ1) is 18.8. The number of amides is 1. The zero-order valence-electron chi connectivity index (χ0n) is 14.4. The lowest BCUT2D eigenvalue weighted by Gasteiger charge is -2.11. The molecule has 0 radical (unpaired) electrons. The number of benzene rings is 2. The molecule has 2 aromatic carbocycles. The molecule has 0 saturated carbocycles. The Morgan fingerprint density at radius 3 is 2.44 bits per heavy atom. The van der Waals surface area contributed by atoms with E-state index in [0.717, 1.165) is 16.3 Å². The van der Waals surface area contributed by atoms with Crippen LogP contribution < -0.4 is 5.43 Å². The van der Waals surface area contributed by atoms with Crippen LogP contribution in [0.15, 0.2) is 58.5 Å². The summed E-state index contributed by atoms with van der Waals surface area (Å²) in [6, 6.07) is 13.7. The molecule has 0 aliphatic heterocycles. The number of carbonyl (C=O) groups excluding carboxylic acids is 1. The lowest BCUT2D eigenvalue weighted by atomic mass is 10.1. The van der Waals surface area contributed by atoms with Crippen LogP contribution >= 0.6 is 0 Å². The molecule has 2 aromatic rings. The minimum Gasteiger partial charge on any atom is -0.267 e. The van der Waals surface area contributed by atoms with Crippen LogP contribution in [0.1, 0.15) is 28.4 Å². The second-order valence-corrected chi connectivity index (χ2v) is 7.76. The van der Waals surface area contributed by atoms with E-state index in [-0.39, 0.29) is 10.5 Å². The largest absolute Gasteiger partial charge is 0.271 e. The quantitative estimate of drug-likeness (QED) is 0.635. The molecule has 0 atom stereocenters. The van der Waals surface area contributed by atoms with Crippen LogP contribution in [0.2, 0.25) is 0 Å². The van der Waals surface area contributed by atoms with Crippen molar-refractivity contribution in [3.8, 4) is 0 Å². The molecule has 0 spiro atoms. The standard InChI is InChI=1S/C18H21N3O3S/c1-4-14-8-10-15(11-9-14)13-19-20-18(22)16-6-5-7-17(12-16)25(23,24)21(2)3/h5-13H,4H2,1-3H3,(H,20,22)/b19-13-. The Kier molecular flexibility index (Phi) is 6.06. The molecule has 0 aliphatic rings. The summed E-state index contributed by atoms with van der Waals surface area (Å²) in [6.07, 6.45) is 2.50. The number of carbonyl (C=O) groups is 1. The molecule has 6 nitrogen and oxygen atoms in total. The van der Waals surface area contributed by atoms with Gasteiger partial charge in [0.25, 0.3) is 5.91 Å². The number of sulfonamides is 1. The van der Waals surface area contributed by atoms with Crippen molar-refractivity contribution in [2.75, 3.05) is 14.1 Å². The number of hydrogen-bond donors (Lipinski definition) is 1. The predicted octanol–water partition coefficient (Wildman–Crippen LogP) is 2.26. The number of hydrazone groups is 1. The van der Waals surface area contributed by atoms with Gasteiger partial charge in [-0.05, 0) is 35.7 Å². The predicted molar refractivity (Wildman–Crippen MR) is 98.2 cm³/mol. The maximum absolute atomic E-state index is 12.2. The Bertz CT molecular complexity index is 873. The highest BCUT2D eigenvalue weighted by molar-refractivity contribution is 7.89. The molecule has 2 rings (SSSR count). The molecule has 0 fully saturated rings. The van der Waals surface area contributed by atoms with Crippen LogP contribution in [0.25, 0.3) is 0 Å². The Labute approximate surface area is 148 Å². The molecule has 0 saturated heterocycles. The van der Waals surface area contributed by atoms with Gasteiger partial charge >= 0.3 is 0 Å². The molecule has 25 heavy (non-hydrogen) atoms. The fourth-order valence-corrected chi connectivity index (χ4v) is 3.03. The fourth-order valence-electron chi connectivity index (χ4n) is 2.08. The third-order valence-corrected chi connectivity index (χ3v) is 5.45. The Balaban J connectivity index is 2.09. The lowest BCUT2D eigenvalue weighted by molar-refractivity contribution is 0.0955. The van der Waals surface area contributed by atoms with E-state index in [1.54, 1.807) is 0 Å². The topological polar surface area (TPSA) is 78.8 Å². The lowest BCUT2D eigenvalue weighted by Crippen LogP contribution is -2.23. The number of rotatable bonds is 6. The fraction of sp³-hybridized carbons (Fsp3) is 0.222. The molecule has 0 unspecified atom stereocenters. The minimum absolute atomic E-state index is 0.0595. The highest BCUT2D eigenvalue weighted by Gasteiger charge is 2.18. The van der Waals surface area contributed by atoms with Crippen LogP contribution in [0.3, 0.4) is 0 Å². The van der Waals surface area contributed by atoms with Crippen LogP contribution in [-0.4, -0.2) is 38.9 Å². The van der Waals surface area contributed by atoms with Crippen molar-refractivity contribution >= 4 is 22.1 Å². The van der Waals surface area contributed by atoms with E-state index in [9.17, 15) is 13.2 Å². The van der Waals surface area contributed by atoms with Crippen molar-refractivity contribution in [2.45, 2.75) is 18.2 Å². The summed E-state index contributed by atoms with van der Waals surface area (Å²) < 4.78 is 25.3. The molecule has 1 N–H and O–H groups in total. The van der Waals surface area contributed by atoms with Gasteiger partial charge in [0.1, 0.15) is 0 Å². The summed E-state index contributed by atoms with van der Waals surface area (Å²) in [5.74, 6) is -0.475. The summed E-state index contributed by atoms with van der Waals surface area (Å²) in [5.41, 5.74) is 4.71. The van der Waals surface area contributed by atoms with Crippen molar-refractivity contribution in [3.05, 3.63) is 65.2 Å². The zero-order chi connectivity index (χ0) is 18.4. The van der Waals surface area contributed by atoms with Gasteiger partial charge in [-0.15, -0.1) is 0 Å². The molecule has 132 valence electrons. The van der Waals surface area contributed by atoms with E-state index in [0.29, 0.717) is 0 Å². The molecule has 0 heterocycles. The first-order valence-electron chi connectivity index (χ1n) is 7.79. The van der Waals surface area contributed by atoms with Crippen molar-refractivity contribution in [3.63, 3.8) is 0 Å². The normalized spacial score (nSPS) is 11.8. The van der Waals surface area contributed by atoms with E-state index >= 15 is 0 Å². The van der Waals surface area contributed by atoms with Gasteiger partial charge in [-0.1, -0.05) is 37.3 Å². The second kappa shape index (κ2) is 8.04. The van der Waals surface area contributed by atoms with Crippen LogP contribution in [0.5, 0.6) is 0 Å². The third kappa shape index (κ3) is 4.74. The second-order valence-electron chi connectivity index (χ2n) is 5.61. The molecule has 7 heteroatoms. The average molecular weight is 359 g/mol. The van der Waals surface area contributed by atoms with E-state index in [1.807, 2.05) is 24.3 Å². The van der Waals surface area contributed by atoms with Crippen molar-refractivity contribution in [1.29, 1.82) is 0 Å². The van der Waals surface area contributed by atoms with Gasteiger partial charge in [-0.25, -0.2) is 18.1 Å². The number of nitrogens with one attached hydrogen (secondary N) is 1. The van der Waals surface area contributed by atoms with E-state index in [4.69, 9.17) is 0 Å². The highest BCUT2D eigenvalue weighted by Crippen LogP contribution is 2.14. The van der Waals surface area contributed by atoms with Crippen molar-refractivity contribution in [2.24, 2.45) is 5.10 Å². The first-order valence-corrected chi connectivity index (χ1v) is 9.23. The van der Waals surface area contributed by atoms with E-state index in [1.165, 1.54) is 50.1 Å². The molecule has 0 bridgehead atoms. The molecule has 1 amide bonds. The first-order chi connectivity index (χ1) is 11.8. The third-order valence-electron chi connectivity index (χ3n) is 3.64. The summed E-state index contributed by atoms with van der Waals surface area (Å²) in [6.45, 7) is 2.08. The van der Waals surface area contributed by atoms with Gasteiger partial charge in [0.15, 0.2) is 0 Å². The highest BCUT2D eigenvalue weighted by atomic mass is 32.2. The van der Waals surface area contributed by atoms with Gasteiger partial charge in [-0.3, -0.25) is 4.79 Å². The van der Waals surface area contributed by atoms with Gasteiger partial charge in [0.2, 0.25) is 10.0 Å². The SMILES string of the molecule is CCc1ccc(/C=N\NC(=O)c2cccc(S(=O)(=O)N(C)C)c2)cc1. The monoisotopic (exact) mass is 359 g/mol. The Morgan fingerprint density at radius 1 is 1.16 bits per heavy atom. The van der Waals surface area contributed by atoms with E-state index < -0.39 is 15.9 Å². The van der Waals surface area contributed by atoms with Gasteiger partial charge in [0.05, 0.1) is 11.1 Å². The van der Waals surface area contributed by atoms with Crippen molar-refractivity contribution in [1.82, 2.24) is 9.73 Å². The molecule has 0 aromatic heterocycles. The number of hydrogen-bond acceptors (Lipinski definition) is 4. The average Bonchev–Trinajstić information content (AvgIpc) is 2.62. The van der Waals surface area contributed by atoms with Gasteiger partial charge in [-0.2, -0.15) is 5.10 Å². The molecule has 0 aliphatic carbocycles. The number of nitrogens with zero attached hydrogens (tertiary/aromatic N) is 2. The molecular formula is C18H21N3O3S. The molecular weight excluding hydrogens is 338 g/mol. The van der Waals surface area contributed by atoms with Crippen LogP contribution in [0.4, 0.5) is 0 Å². The smallest absolute Gasteiger partial charge is 0.267 e. The van der Waals surface area contributed by atoms with Gasteiger partial charge in [0, 0.05) is 19.7 Å². The zero-order valence-corrected chi connectivity index (χ0v) is 15.2. The number of aryl methyl sites for hydroxylation is 1. The maximum atomic E-state index is 12.2. The summed E-state index contributed by atoms with van der Waals surface area (Å²) in [5, 5.41) is 3.92. The van der Waals surface area contributed by atoms with Crippen molar-refractivity contribution < 1.29 is 13.2 Å². The minimum atomic E-state index is -3.59. The summed E-state index contributed by atoms with van der Waals surface area (Å²) in [4.78, 5) is 12.2. The summed E-state index contributed by atoms with van der Waals surface area (Å²) in [7, 11) is -0.707. The van der Waals surface area contributed by atoms with Crippen LogP contribution in [-0.2, 0) is 16.4 Å². The van der Waals surface area contributed by atoms with Gasteiger partial charge < -0.3 is 0 Å². The summed E-state index contributed by atoms with van der Waals surface area (Å²) >= 11 is 0. The maximum Gasteiger partial charge on any atom is 0.271 e.